The third-order valence-corrected chi connectivity index (χ3v) is 5.57. The molecule has 0 unspecified atom stereocenters. The minimum atomic E-state index is -0.926. The summed E-state index contributed by atoms with van der Waals surface area (Å²) in [6, 6.07) is 7.55. The van der Waals surface area contributed by atoms with Crippen LogP contribution in [0, 0.1) is 0 Å². The van der Waals surface area contributed by atoms with Crippen LogP contribution in [-0.2, 0) is 20.9 Å². The second-order valence-electron chi connectivity index (χ2n) is 7.56. The van der Waals surface area contributed by atoms with Crippen molar-refractivity contribution in [1.82, 2.24) is 15.5 Å². The van der Waals surface area contributed by atoms with Crippen LogP contribution >= 0.6 is 0 Å². The normalized spacial score (nSPS) is 19.6. The molecule has 0 atom stereocenters. The lowest BCUT2D eigenvalue weighted by atomic mass is 9.80. The Morgan fingerprint density at radius 2 is 1.75 bits per heavy atom. The highest BCUT2D eigenvalue weighted by atomic mass is 16.5. The van der Waals surface area contributed by atoms with Crippen molar-refractivity contribution < 1.29 is 19.1 Å². The zero-order chi connectivity index (χ0) is 19.8. The van der Waals surface area contributed by atoms with Gasteiger partial charge in [-0.3, -0.25) is 14.5 Å². The molecule has 0 radical (unpaired) electrons. The predicted molar refractivity (Wildman–Crippen MR) is 105 cm³/mol. The average molecular weight is 387 g/mol. The van der Waals surface area contributed by atoms with E-state index in [4.69, 9.17) is 4.74 Å². The van der Waals surface area contributed by atoms with E-state index in [9.17, 15) is 14.4 Å². The van der Waals surface area contributed by atoms with Crippen LogP contribution in [0.4, 0.5) is 0 Å². The van der Waals surface area contributed by atoms with Gasteiger partial charge in [0.1, 0.15) is 11.8 Å². The first-order valence-corrected chi connectivity index (χ1v) is 10.1. The highest BCUT2D eigenvalue weighted by molar-refractivity contribution is 5.99. The Labute approximate surface area is 165 Å². The second-order valence-corrected chi connectivity index (χ2v) is 7.56. The molecule has 2 aliphatic rings. The maximum absolute atomic E-state index is 12.8. The smallest absolute Gasteiger partial charge is 0.252 e. The first kappa shape index (κ1) is 20.5. The van der Waals surface area contributed by atoms with E-state index in [1.807, 2.05) is 24.3 Å². The van der Waals surface area contributed by atoms with Gasteiger partial charge in [0.2, 0.25) is 5.91 Å². The Bertz CT molecular complexity index is 677. The number of amides is 2. The number of hydrogen-bond acceptors (Lipinski definition) is 5. The fourth-order valence-corrected chi connectivity index (χ4v) is 3.94. The van der Waals surface area contributed by atoms with Crippen molar-refractivity contribution >= 4 is 18.1 Å². The number of aldehydes is 1. The summed E-state index contributed by atoms with van der Waals surface area (Å²) in [7, 11) is 0. The minimum Gasteiger partial charge on any atom is -0.379 e. The van der Waals surface area contributed by atoms with Crippen molar-refractivity contribution in [3.8, 4) is 0 Å². The summed E-state index contributed by atoms with van der Waals surface area (Å²) in [4.78, 5) is 38.4. The number of rotatable bonds is 7. The lowest BCUT2D eigenvalue weighted by Gasteiger charge is -2.36. The Hall–Kier alpha value is -2.25. The van der Waals surface area contributed by atoms with E-state index in [2.05, 4.69) is 15.5 Å². The zero-order valence-corrected chi connectivity index (χ0v) is 16.2. The monoisotopic (exact) mass is 387 g/mol. The number of nitrogens with one attached hydrogen (secondary N) is 2. The molecule has 1 aliphatic carbocycles. The third kappa shape index (κ3) is 5.17. The maximum atomic E-state index is 12.8. The third-order valence-electron chi connectivity index (χ3n) is 5.57. The molecule has 0 spiro atoms. The van der Waals surface area contributed by atoms with Gasteiger partial charge in [-0.2, -0.15) is 0 Å². The minimum absolute atomic E-state index is 0.0350. The molecule has 2 fully saturated rings. The van der Waals surface area contributed by atoms with Gasteiger partial charge in [-0.05, 0) is 30.5 Å². The van der Waals surface area contributed by atoms with Gasteiger partial charge in [-0.15, -0.1) is 0 Å². The molecular formula is C21H29N3O4. The lowest BCUT2D eigenvalue weighted by Crippen LogP contribution is -2.59. The Balaban J connectivity index is 1.64. The standard InChI is InChI=1S/C21H29N3O4/c25-13-10-22-20(27)21(8-2-1-3-9-21)23-19(26)18-6-4-17(5-7-18)16-24-11-14-28-15-12-24/h4-7,13H,1-3,8-12,14-16H2,(H,22,27)(H,23,26). The van der Waals surface area contributed by atoms with Gasteiger partial charge >= 0.3 is 0 Å². The number of benzene rings is 1. The molecule has 0 aromatic heterocycles. The first-order valence-electron chi connectivity index (χ1n) is 10.1. The molecule has 3 rings (SSSR count). The number of carbonyl (C=O) groups is 3. The van der Waals surface area contributed by atoms with Gasteiger partial charge in [-0.1, -0.05) is 31.4 Å². The topological polar surface area (TPSA) is 87.7 Å². The summed E-state index contributed by atoms with van der Waals surface area (Å²) in [5.41, 5.74) is 0.763. The molecule has 152 valence electrons. The van der Waals surface area contributed by atoms with Crippen LogP contribution in [-0.4, -0.2) is 61.4 Å². The molecule has 7 heteroatoms. The van der Waals surface area contributed by atoms with Crippen LogP contribution in [0.5, 0.6) is 0 Å². The van der Waals surface area contributed by atoms with Crippen molar-refractivity contribution in [3.05, 3.63) is 35.4 Å². The van der Waals surface area contributed by atoms with Crippen molar-refractivity contribution in [1.29, 1.82) is 0 Å². The summed E-state index contributed by atoms with van der Waals surface area (Å²) in [5, 5.41) is 5.58. The summed E-state index contributed by atoms with van der Waals surface area (Å²) in [6.45, 7) is 4.15. The van der Waals surface area contributed by atoms with Crippen molar-refractivity contribution in [3.63, 3.8) is 0 Å². The predicted octanol–water partition coefficient (Wildman–Crippen LogP) is 1.27. The largest absolute Gasteiger partial charge is 0.379 e. The molecule has 1 heterocycles. The number of carbonyl (C=O) groups excluding carboxylic acids is 3. The molecule has 1 aromatic carbocycles. The van der Waals surface area contributed by atoms with E-state index >= 15 is 0 Å². The van der Waals surface area contributed by atoms with E-state index < -0.39 is 5.54 Å². The molecule has 1 saturated heterocycles. The number of ether oxygens (including phenoxy) is 1. The van der Waals surface area contributed by atoms with Crippen LogP contribution in [0.25, 0.3) is 0 Å². The SMILES string of the molecule is O=CCNC(=O)C1(NC(=O)c2ccc(CN3CCOCC3)cc2)CCCCC1. The fourth-order valence-electron chi connectivity index (χ4n) is 3.94. The van der Waals surface area contributed by atoms with Crippen LogP contribution in [0.3, 0.4) is 0 Å². The van der Waals surface area contributed by atoms with E-state index in [1.54, 1.807) is 0 Å². The molecule has 0 bridgehead atoms. The van der Waals surface area contributed by atoms with Crippen LogP contribution < -0.4 is 10.6 Å². The Morgan fingerprint density at radius 3 is 2.39 bits per heavy atom. The Morgan fingerprint density at radius 1 is 1.07 bits per heavy atom. The first-order chi connectivity index (χ1) is 13.6. The molecule has 7 nitrogen and oxygen atoms in total. The molecule has 1 saturated carbocycles. The van der Waals surface area contributed by atoms with E-state index in [-0.39, 0.29) is 18.4 Å². The van der Waals surface area contributed by atoms with Gasteiger partial charge in [0.25, 0.3) is 5.91 Å². The van der Waals surface area contributed by atoms with Gasteiger partial charge < -0.3 is 20.2 Å². The van der Waals surface area contributed by atoms with Crippen LogP contribution in [0.15, 0.2) is 24.3 Å². The number of hydrogen-bond donors (Lipinski definition) is 2. The second kappa shape index (κ2) is 9.80. The molecule has 1 aliphatic heterocycles. The summed E-state index contributed by atoms with van der Waals surface area (Å²) < 4.78 is 5.37. The molecule has 28 heavy (non-hydrogen) atoms. The Kier molecular flexibility index (Phi) is 7.17. The lowest BCUT2D eigenvalue weighted by molar-refractivity contribution is -0.129. The average Bonchev–Trinajstić information content (AvgIpc) is 2.74. The highest BCUT2D eigenvalue weighted by Gasteiger charge is 2.40. The molecule has 2 amide bonds. The van der Waals surface area contributed by atoms with Crippen LogP contribution in [0.2, 0.25) is 0 Å². The van der Waals surface area contributed by atoms with Gasteiger partial charge in [0.15, 0.2) is 0 Å². The van der Waals surface area contributed by atoms with E-state index in [0.29, 0.717) is 24.7 Å². The van der Waals surface area contributed by atoms with Gasteiger partial charge in [-0.25, -0.2) is 0 Å². The quantitative estimate of drug-likeness (QED) is 0.688. The van der Waals surface area contributed by atoms with Crippen molar-refractivity contribution in [2.24, 2.45) is 0 Å². The van der Waals surface area contributed by atoms with Crippen LogP contribution in [0.1, 0.15) is 48.0 Å². The van der Waals surface area contributed by atoms with E-state index in [0.717, 1.165) is 57.7 Å². The number of nitrogens with zero attached hydrogens (tertiary/aromatic N) is 1. The van der Waals surface area contributed by atoms with Crippen molar-refractivity contribution in [2.75, 3.05) is 32.8 Å². The van der Waals surface area contributed by atoms with Gasteiger partial charge in [0, 0.05) is 25.2 Å². The molecular weight excluding hydrogens is 358 g/mol. The molecule has 2 N–H and O–H groups in total. The molecule has 1 aromatic rings. The van der Waals surface area contributed by atoms with Gasteiger partial charge in [0.05, 0.1) is 19.8 Å². The van der Waals surface area contributed by atoms with Crippen molar-refractivity contribution in [2.45, 2.75) is 44.2 Å². The van der Waals surface area contributed by atoms with E-state index in [1.165, 1.54) is 0 Å². The summed E-state index contributed by atoms with van der Waals surface area (Å²) in [5.74, 6) is -0.516. The zero-order valence-electron chi connectivity index (χ0n) is 16.2. The summed E-state index contributed by atoms with van der Waals surface area (Å²) >= 11 is 0. The maximum Gasteiger partial charge on any atom is 0.252 e. The summed E-state index contributed by atoms with van der Waals surface area (Å²) in [6.07, 6.45) is 4.66. The fraction of sp³-hybridized carbons (Fsp3) is 0.571. The highest BCUT2D eigenvalue weighted by Crippen LogP contribution is 2.29. The number of morpholine rings is 1.